The van der Waals surface area contributed by atoms with Gasteiger partial charge in [0.25, 0.3) is 0 Å². The predicted octanol–water partition coefficient (Wildman–Crippen LogP) is 3.46. The summed E-state index contributed by atoms with van der Waals surface area (Å²) < 4.78 is 25.5. The molecule has 0 aliphatic carbocycles. The van der Waals surface area contributed by atoms with Crippen LogP contribution in [0.4, 0.5) is 0 Å². The van der Waals surface area contributed by atoms with E-state index in [2.05, 4.69) is 20.9 Å². The molecule has 2 aliphatic rings. The fourth-order valence-electron chi connectivity index (χ4n) is 3.91. The monoisotopic (exact) mass is 506 g/mol. The van der Waals surface area contributed by atoms with Crippen molar-refractivity contribution in [1.82, 2.24) is 9.38 Å². The number of hydrogen-bond acceptors (Lipinski definition) is 8. The standard InChI is InChI=1S/C21H19BrN2O6S/c1-21(2)29-18-17(27-3)16(28-19(18)30-21)15(26)12-8-23-20-24(12)9-13(31-20)14(25)10-4-6-11(22)7-5-10/h4-9,16-19H,1-3H3/t16?,17-,18+,19+/m0/s1. The lowest BCUT2D eigenvalue weighted by molar-refractivity contribution is -0.210. The number of carbonyl (C=O) groups is 2. The van der Waals surface area contributed by atoms with Gasteiger partial charge in [0, 0.05) is 23.3 Å². The third-order valence-corrected chi connectivity index (χ3v) is 6.84. The van der Waals surface area contributed by atoms with Crippen LogP contribution in [-0.2, 0) is 18.9 Å². The highest BCUT2D eigenvalue weighted by atomic mass is 79.9. The zero-order chi connectivity index (χ0) is 21.9. The summed E-state index contributed by atoms with van der Waals surface area (Å²) in [6.07, 6.45) is 0.411. The van der Waals surface area contributed by atoms with Gasteiger partial charge in [0.05, 0.1) is 11.1 Å². The molecule has 4 atom stereocenters. The Balaban J connectivity index is 1.42. The van der Waals surface area contributed by atoms with Gasteiger partial charge >= 0.3 is 0 Å². The first-order valence-electron chi connectivity index (χ1n) is 9.63. The van der Waals surface area contributed by atoms with E-state index in [-0.39, 0.29) is 11.6 Å². The van der Waals surface area contributed by atoms with E-state index in [0.29, 0.717) is 21.1 Å². The van der Waals surface area contributed by atoms with Crippen molar-refractivity contribution in [2.24, 2.45) is 0 Å². The van der Waals surface area contributed by atoms with Crippen LogP contribution < -0.4 is 0 Å². The van der Waals surface area contributed by atoms with Crippen molar-refractivity contribution in [3.8, 4) is 0 Å². The molecule has 2 aromatic heterocycles. The SMILES string of the molecule is CO[C@H]1C(C(=O)c2cnc3sc(C(=O)c4ccc(Br)cc4)cn23)O[C@@H]2OC(C)(C)O[C@@H]21. The Bertz CT molecular complexity index is 1170. The van der Waals surface area contributed by atoms with E-state index in [1.165, 1.54) is 24.6 Å². The predicted molar refractivity (Wildman–Crippen MR) is 114 cm³/mol. The van der Waals surface area contributed by atoms with Gasteiger partial charge in [-0.3, -0.25) is 14.0 Å². The quantitative estimate of drug-likeness (QED) is 0.489. The van der Waals surface area contributed by atoms with Gasteiger partial charge in [0.1, 0.15) is 17.9 Å². The van der Waals surface area contributed by atoms with Crippen LogP contribution in [0.5, 0.6) is 0 Å². The molecule has 0 spiro atoms. The number of nitrogens with zero attached hydrogens (tertiary/aromatic N) is 2. The molecule has 1 unspecified atom stereocenters. The summed E-state index contributed by atoms with van der Waals surface area (Å²) in [6, 6.07) is 7.12. The van der Waals surface area contributed by atoms with Gasteiger partial charge in [-0.15, -0.1) is 0 Å². The second-order valence-corrected chi connectivity index (χ2v) is 9.74. The summed E-state index contributed by atoms with van der Waals surface area (Å²) in [5.41, 5.74) is 0.872. The maximum Gasteiger partial charge on any atom is 0.212 e. The second-order valence-electron chi connectivity index (χ2n) is 7.82. The first-order valence-corrected chi connectivity index (χ1v) is 11.2. The minimum absolute atomic E-state index is 0.133. The topological polar surface area (TPSA) is 88.4 Å². The summed E-state index contributed by atoms with van der Waals surface area (Å²) >= 11 is 4.59. The molecule has 8 nitrogen and oxygen atoms in total. The molecule has 3 aromatic rings. The molecule has 0 N–H and O–H groups in total. The zero-order valence-corrected chi connectivity index (χ0v) is 19.3. The molecular formula is C21H19BrN2O6S. The highest BCUT2D eigenvalue weighted by Gasteiger charge is 2.57. The number of methoxy groups -OCH3 is 1. The summed E-state index contributed by atoms with van der Waals surface area (Å²) in [6.45, 7) is 3.57. The number of carbonyl (C=O) groups excluding carboxylic acids is 2. The van der Waals surface area contributed by atoms with Crippen LogP contribution in [0, 0.1) is 0 Å². The van der Waals surface area contributed by atoms with Crippen LogP contribution >= 0.6 is 27.3 Å². The first kappa shape index (κ1) is 20.9. The zero-order valence-electron chi connectivity index (χ0n) is 16.9. The van der Waals surface area contributed by atoms with Crippen molar-refractivity contribution in [2.45, 2.75) is 44.2 Å². The van der Waals surface area contributed by atoms with E-state index in [1.54, 1.807) is 36.6 Å². The Kier molecular flexibility index (Phi) is 5.11. The number of aromatic nitrogens is 2. The molecule has 162 valence electrons. The third-order valence-electron chi connectivity index (χ3n) is 5.31. The molecule has 0 bridgehead atoms. The van der Waals surface area contributed by atoms with Gasteiger partial charge in [0.2, 0.25) is 11.6 Å². The van der Waals surface area contributed by atoms with Crippen molar-refractivity contribution >= 4 is 43.8 Å². The molecule has 10 heteroatoms. The van der Waals surface area contributed by atoms with Gasteiger partial charge in [-0.2, -0.15) is 0 Å². The van der Waals surface area contributed by atoms with E-state index >= 15 is 0 Å². The van der Waals surface area contributed by atoms with Crippen LogP contribution in [-0.4, -0.2) is 58.4 Å². The minimum atomic E-state index is -0.901. The average Bonchev–Trinajstić information content (AvgIpc) is 3.45. The molecule has 2 aliphatic heterocycles. The average molecular weight is 507 g/mol. The van der Waals surface area contributed by atoms with Gasteiger partial charge in [-0.05, 0) is 38.1 Å². The van der Waals surface area contributed by atoms with E-state index in [1.807, 2.05) is 12.1 Å². The normalized spacial score (nSPS) is 27.0. The number of ketones is 2. The molecule has 0 amide bonds. The van der Waals surface area contributed by atoms with Crippen molar-refractivity contribution in [3.63, 3.8) is 0 Å². The number of Topliss-reactive ketones (excluding diaryl/α,β-unsaturated/α-hetero) is 1. The summed E-state index contributed by atoms with van der Waals surface area (Å²) in [4.78, 5) is 31.5. The minimum Gasteiger partial charge on any atom is -0.375 e. The van der Waals surface area contributed by atoms with Gasteiger partial charge < -0.3 is 18.9 Å². The molecule has 2 saturated heterocycles. The largest absolute Gasteiger partial charge is 0.375 e. The Labute approximate surface area is 190 Å². The van der Waals surface area contributed by atoms with Crippen LogP contribution in [0.15, 0.2) is 41.1 Å². The lowest BCUT2D eigenvalue weighted by Crippen LogP contribution is -2.40. The molecule has 4 heterocycles. The molecule has 2 fully saturated rings. The van der Waals surface area contributed by atoms with Crippen LogP contribution in [0.3, 0.4) is 0 Å². The molecule has 1 aromatic carbocycles. The number of thiazole rings is 1. The molecule has 0 saturated carbocycles. The number of hydrogen-bond donors (Lipinski definition) is 0. The number of fused-ring (bicyclic) bond motifs is 2. The van der Waals surface area contributed by atoms with E-state index in [9.17, 15) is 9.59 Å². The summed E-state index contributed by atoms with van der Waals surface area (Å²) in [5.74, 6) is -1.24. The molecule has 0 radical (unpaired) electrons. The highest BCUT2D eigenvalue weighted by Crippen LogP contribution is 2.39. The van der Waals surface area contributed by atoms with Crippen molar-refractivity contribution < 1.29 is 28.5 Å². The summed E-state index contributed by atoms with van der Waals surface area (Å²) in [5, 5.41) is 0. The lowest BCUT2D eigenvalue weighted by Gasteiger charge is -2.24. The number of imidazole rings is 1. The van der Waals surface area contributed by atoms with Gasteiger partial charge in [-0.1, -0.05) is 27.3 Å². The van der Waals surface area contributed by atoms with Crippen molar-refractivity contribution in [1.29, 1.82) is 0 Å². The second kappa shape index (κ2) is 7.58. The Morgan fingerprint density at radius 3 is 2.68 bits per heavy atom. The Morgan fingerprint density at radius 1 is 1.23 bits per heavy atom. The van der Waals surface area contributed by atoms with E-state index in [0.717, 1.165) is 4.47 Å². The van der Waals surface area contributed by atoms with Gasteiger partial charge in [0.15, 0.2) is 23.1 Å². The fourth-order valence-corrected chi connectivity index (χ4v) is 5.10. The van der Waals surface area contributed by atoms with Gasteiger partial charge in [-0.25, -0.2) is 4.98 Å². The van der Waals surface area contributed by atoms with Crippen molar-refractivity contribution in [3.05, 3.63) is 57.3 Å². The highest BCUT2D eigenvalue weighted by molar-refractivity contribution is 9.10. The number of ether oxygens (including phenoxy) is 4. The van der Waals surface area contributed by atoms with E-state index < -0.39 is 30.4 Å². The number of rotatable bonds is 5. The van der Waals surface area contributed by atoms with Crippen LogP contribution in [0.2, 0.25) is 0 Å². The molecule has 31 heavy (non-hydrogen) atoms. The Morgan fingerprint density at radius 2 is 1.97 bits per heavy atom. The smallest absolute Gasteiger partial charge is 0.212 e. The third kappa shape index (κ3) is 3.57. The van der Waals surface area contributed by atoms with Crippen molar-refractivity contribution in [2.75, 3.05) is 7.11 Å². The first-order chi connectivity index (χ1) is 14.8. The lowest BCUT2D eigenvalue weighted by atomic mass is 10.1. The Hall–Kier alpha value is -1.95. The van der Waals surface area contributed by atoms with Crippen LogP contribution in [0.25, 0.3) is 4.96 Å². The van der Waals surface area contributed by atoms with Crippen LogP contribution in [0.1, 0.15) is 39.6 Å². The number of halogens is 1. The molecule has 5 rings (SSSR count). The van der Waals surface area contributed by atoms with E-state index in [4.69, 9.17) is 18.9 Å². The number of benzene rings is 1. The fraction of sp³-hybridized carbons (Fsp3) is 0.381. The molecular weight excluding hydrogens is 488 g/mol. The maximum absolute atomic E-state index is 13.3. The maximum atomic E-state index is 13.3. The summed E-state index contributed by atoms with van der Waals surface area (Å²) in [7, 11) is 1.51.